The van der Waals surface area contributed by atoms with Crippen molar-refractivity contribution in [2.24, 2.45) is 0 Å². The van der Waals surface area contributed by atoms with E-state index in [1.807, 2.05) is 12.1 Å². The Kier molecular flexibility index (Phi) is 3.64. The Balaban J connectivity index is 2.12. The fourth-order valence-electron chi connectivity index (χ4n) is 2.04. The summed E-state index contributed by atoms with van der Waals surface area (Å²) in [5.41, 5.74) is 1.39. The fourth-order valence-corrected chi connectivity index (χ4v) is 2.04. The second-order valence-corrected chi connectivity index (χ2v) is 4.33. The van der Waals surface area contributed by atoms with Crippen LogP contribution in [0.2, 0.25) is 0 Å². The van der Waals surface area contributed by atoms with Crippen LogP contribution in [-0.2, 0) is 4.74 Å². The second-order valence-electron chi connectivity index (χ2n) is 4.33. The molecule has 0 bridgehead atoms. The predicted octanol–water partition coefficient (Wildman–Crippen LogP) is 2.00. The second kappa shape index (κ2) is 5.19. The standard InChI is InChI=1S/C13H17NO3/c1-10-9-14(7-2-8-17-10)12-5-3-11(4-6-12)13(15)16/h3-6,10H,2,7-9H2,1H3,(H,15,16). The third-order valence-corrected chi connectivity index (χ3v) is 2.93. The van der Waals surface area contributed by atoms with Crippen molar-refractivity contribution in [3.63, 3.8) is 0 Å². The molecule has 4 heteroatoms. The van der Waals surface area contributed by atoms with Gasteiger partial charge in [-0.2, -0.15) is 0 Å². The van der Waals surface area contributed by atoms with Crippen LogP contribution in [-0.4, -0.2) is 36.9 Å². The number of carboxylic acid groups (broad SMARTS) is 1. The van der Waals surface area contributed by atoms with Crippen LogP contribution in [0.3, 0.4) is 0 Å². The maximum Gasteiger partial charge on any atom is 0.335 e. The van der Waals surface area contributed by atoms with Gasteiger partial charge in [-0.1, -0.05) is 0 Å². The van der Waals surface area contributed by atoms with Crippen LogP contribution >= 0.6 is 0 Å². The summed E-state index contributed by atoms with van der Waals surface area (Å²) in [7, 11) is 0. The van der Waals surface area contributed by atoms with E-state index >= 15 is 0 Å². The lowest BCUT2D eigenvalue weighted by Gasteiger charge is -2.24. The SMILES string of the molecule is CC1CN(c2ccc(C(=O)O)cc2)CCCO1. The van der Waals surface area contributed by atoms with Gasteiger partial charge in [-0.3, -0.25) is 0 Å². The molecule has 2 rings (SSSR count). The number of anilines is 1. The number of hydrogen-bond acceptors (Lipinski definition) is 3. The van der Waals surface area contributed by atoms with Crippen molar-refractivity contribution < 1.29 is 14.6 Å². The summed E-state index contributed by atoms with van der Waals surface area (Å²) < 4.78 is 5.58. The number of carboxylic acids is 1. The van der Waals surface area contributed by atoms with Gasteiger partial charge in [0.25, 0.3) is 0 Å². The zero-order valence-corrected chi connectivity index (χ0v) is 9.93. The summed E-state index contributed by atoms with van der Waals surface area (Å²) in [6.45, 7) is 4.66. The first-order valence-corrected chi connectivity index (χ1v) is 5.87. The van der Waals surface area contributed by atoms with Gasteiger partial charge >= 0.3 is 5.97 Å². The molecule has 0 saturated carbocycles. The van der Waals surface area contributed by atoms with E-state index in [1.165, 1.54) is 0 Å². The molecule has 1 aromatic rings. The predicted molar refractivity (Wildman–Crippen MR) is 65.6 cm³/mol. The molecule has 1 aliphatic rings. The van der Waals surface area contributed by atoms with E-state index in [4.69, 9.17) is 9.84 Å². The number of ether oxygens (including phenoxy) is 1. The number of nitrogens with zero attached hydrogens (tertiary/aromatic N) is 1. The van der Waals surface area contributed by atoms with Crippen LogP contribution in [0.5, 0.6) is 0 Å². The number of carbonyl (C=O) groups is 1. The van der Waals surface area contributed by atoms with E-state index in [9.17, 15) is 4.79 Å². The van der Waals surface area contributed by atoms with Crippen molar-refractivity contribution >= 4 is 11.7 Å². The van der Waals surface area contributed by atoms with Crippen LogP contribution < -0.4 is 4.90 Å². The molecular formula is C13H17NO3. The summed E-state index contributed by atoms with van der Waals surface area (Å²) in [6.07, 6.45) is 1.22. The van der Waals surface area contributed by atoms with Crippen molar-refractivity contribution in [1.29, 1.82) is 0 Å². The van der Waals surface area contributed by atoms with E-state index in [2.05, 4.69) is 11.8 Å². The Bertz CT molecular complexity index is 388. The summed E-state index contributed by atoms with van der Waals surface area (Å²) >= 11 is 0. The minimum Gasteiger partial charge on any atom is -0.478 e. The van der Waals surface area contributed by atoms with Gasteiger partial charge in [-0.15, -0.1) is 0 Å². The largest absolute Gasteiger partial charge is 0.478 e. The van der Waals surface area contributed by atoms with Gasteiger partial charge in [0.05, 0.1) is 11.7 Å². The van der Waals surface area contributed by atoms with E-state index < -0.39 is 5.97 Å². The molecule has 92 valence electrons. The molecule has 0 aromatic heterocycles. The molecule has 0 amide bonds. The number of rotatable bonds is 2. The Morgan fingerprint density at radius 2 is 2.12 bits per heavy atom. The first-order valence-electron chi connectivity index (χ1n) is 5.87. The zero-order chi connectivity index (χ0) is 12.3. The van der Waals surface area contributed by atoms with Gasteiger partial charge in [-0.05, 0) is 37.6 Å². The first-order chi connectivity index (χ1) is 8.16. The highest BCUT2D eigenvalue weighted by molar-refractivity contribution is 5.88. The average Bonchev–Trinajstić information content (AvgIpc) is 2.54. The normalized spacial score (nSPS) is 21.0. The average molecular weight is 235 g/mol. The van der Waals surface area contributed by atoms with Crippen molar-refractivity contribution in [3.05, 3.63) is 29.8 Å². The van der Waals surface area contributed by atoms with Crippen molar-refractivity contribution in [1.82, 2.24) is 0 Å². The smallest absolute Gasteiger partial charge is 0.335 e. The summed E-state index contributed by atoms with van der Waals surface area (Å²) in [4.78, 5) is 13.0. The summed E-state index contributed by atoms with van der Waals surface area (Å²) in [5.74, 6) is -0.885. The zero-order valence-electron chi connectivity index (χ0n) is 9.93. The maximum absolute atomic E-state index is 10.8. The van der Waals surface area contributed by atoms with Crippen LogP contribution in [0.4, 0.5) is 5.69 Å². The molecule has 1 atom stereocenters. The van der Waals surface area contributed by atoms with E-state index in [1.54, 1.807) is 12.1 Å². The first kappa shape index (κ1) is 11.9. The molecular weight excluding hydrogens is 218 g/mol. The third-order valence-electron chi connectivity index (χ3n) is 2.93. The molecule has 0 aliphatic carbocycles. The monoisotopic (exact) mass is 235 g/mol. The van der Waals surface area contributed by atoms with Crippen LogP contribution in [0.15, 0.2) is 24.3 Å². The highest BCUT2D eigenvalue weighted by atomic mass is 16.5. The van der Waals surface area contributed by atoms with E-state index in [-0.39, 0.29) is 6.10 Å². The summed E-state index contributed by atoms with van der Waals surface area (Å²) in [5, 5.41) is 8.84. The van der Waals surface area contributed by atoms with Gasteiger partial charge in [0.15, 0.2) is 0 Å². The molecule has 0 radical (unpaired) electrons. The Morgan fingerprint density at radius 1 is 1.41 bits per heavy atom. The third kappa shape index (κ3) is 2.97. The molecule has 4 nitrogen and oxygen atoms in total. The van der Waals surface area contributed by atoms with E-state index in [0.29, 0.717) is 5.56 Å². The van der Waals surface area contributed by atoms with Crippen molar-refractivity contribution in [2.45, 2.75) is 19.4 Å². The highest BCUT2D eigenvalue weighted by Gasteiger charge is 2.15. The Labute approximate surface area is 101 Å². The van der Waals surface area contributed by atoms with Gasteiger partial charge < -0.3 is 14.7 Å². The molecule has 1 aromatic carbocycles. The van der Waals surface area contributed by atoms with Gasteiger partial charge in [-0.25, -0.2) is 4.79 Å². The van der Waals surface area contributed by atoms with Crippen LogP contribution in [0.1, 0.15) is 23.7 Å². The lowest BCUT2D eigenvalue weighted by atomic mass is 10.2. The quantitative estimate of drug-likeness (QED) is 0.851. The number of aromatic carboxylic acids is 1. The topological polar surface area (TPSA) is 49.8 Å². The lowest BCUT2D eigenvalue weighted by molar-refractivity contribution is 0.0696. The fraction of sp³-hybridized carbons (Fsp3) is 0.462. The number of hydrogen-bond donors (Lipinski definition) is 1. The summed E-state index contributed by atoms with van der Waals surface area (Å²) in [6, 6.07) is 7.02. The maximum atomic E-state index is 10.8. The van der Waals surface area contributed by atoms with Crippen molar-refractivity contribution in [3.8, 4) is 0 Å². The minimum atomic E-state index is -0.885. The van der Waals surface area contributed by atoms with Crippen LogP contribution in [0.25, 0.3) is 0 Å². The van der Waals surface area contributed by atoms with Crippen molar-refractivity contribution in [2.75, 3.05) is 24.6 Å². The molecule has 0 spiro atoms. The molecule has 1 unspecified atom stereocenters. The molecule has 1 aliphatic heterocycles. The van der Waals surface area contributed by atoms with Crippen LogP contribution in [0, 0.1) is 0 Å². The molecule has 1 fully saturated rings. The molecule has 17 heavy (non-hydrogen) atoms. The lowest BCUT2D eigenvalue weighted by Crippen LogP contribution is -2.30. The Morgan fingerprint density at radius 3 is 2.76 bits per heavy atom. The number of benzene rings is 1. The Hall–Kier alpha value is -1.55. The minimum absolute atomic E-state index is 0.219. The molecule has 1 heterocycles. The van der Waals surface area contributed by atoms with E-state index in [0.717, 1.165) is 31.8 Å². The molecule has 1 N–H and O–H groups in total. The van der Waals surface area contributed by atoms with Gasteiger partial charge in [0.2, 0.25) is 0 Å². The highest BCUT2D eigenvalue weighted by Crippen LogP contribution is 2.18. The van der Waals surface area contributed by atoms with Gasteiger partial charge in [0, 0.05) is 25.4 Å². The van der Waals surface area contributed by atoms with Gasteiger partial charge in [0.1, 0.15) is 0 Å². The molecule has 1 saturated heterocycles.